The highest BCUT2D eigenvalue weighted by Gasteiger charge is 2.16. The zero-order valence-corrected chi connectivity index (χ0v) is 12.9. The van der Waals surface area contributed by atoms with Crippen molar-refractivity contribution in [2.24, 2.45) is 10.2 Å². The summed E-state index contributed by atoms with van der Waals surface area (Å²) in [7, 11) is 0. The molecule has 0 amide bonds. The maximum atomic E-state index is 11.1. The molecule has 0 aliphatic heterocycles. The predicted molar refractivity (Wildman–Crippen MR) is 86.6 cm³/mol. The number of pyridine rings is 1. The van der Waals surface area contributed by atoms with Crippen LogP contribution in [0.1, 0.15) is 16.8 Å². The largest absolute Gasteiger partial charge is 0.481 e. The van der Waals surface area contributed by atoms with E-state index in [-0.39, 0.29) is 6.42 Å². The molecule has 3 rings (SSSR count). The third-order valence-corrected chi connectivity index (χ3v) is 3.58. The lowest BCUT2D eigenvalue weighted by Crippen LogP contribution is -2.00. The Morgan fingerprint density at radius 1 is 1.13 bits per heavy atom. The first-order chi connectivity index (χ1) is 11.1. The number of carbonyl (C=O) groups is 1. The molecule has 1 N–H and O–H groups in total. The summed E-state index contributed by atoms with van der Waals surface area (Å²) in [5.74, 6) is -0.493. The van der Waals surface area contributed by atoms with E-state index < -0.39 is 5.97 Å². The van der Waals surface area contributed by atoms with Gasteiger partial charge in [-0.3, -0.25) is 9.20 Å². The quantitative estimate of drug-likeness (QED) is 0.740. The van der Waals surface area contributed by atoms with Crippen LogP contribution in [0.25, 0.3) is 5.65 Å². The molecule has 0 unspecified atom stereocenters. The molecular formula is C17H16N4O2. The van der Waals surface area contributed by atoms with E-state index in [1.54, 1.807) is 4.40 Å². The van der Waals surface area contributed by atoms with E-state index in [4.69, 9.17) is 5.11 Å². The molecule has 6 heteroatoms. The van der Waals surface area contributed by atoms with Crippen molar-refractivity contribution in [3.05, 3.63) is 59.4 Å². The average Bonchev–Trinajstić information content (AvgIpc) is 2.85. The number of aromatic nitrogens is 2. The molecular weight excluding hydrogens is 292 g/mol. The van der Waals surface area contributed by atoms with E-state index in [0.717, 1.165) is 16.8 Å². The number of azo groups is 1. The normalized spacial score (nSPS) is 11.4. The van der Waals surface area contributed by atoms with Crippen LogP contribution in [0.5, 0.6) is 0 Å². The molecule has 2 aromatic heterocycles. The maximum Gasteiger partial charge on any atom is 0.309 e. The zero-order valence-electron chi connectivity index (χ0n) is 12.9. The van der Waals surface area contributed by atoms with Gasteiger partial charge in [0.2, 0.25) is 0 Å². The molecule has 0 bridgehead atoms. The second-order valence-electron chi connectivity index (χ2n) is 5.32. The highest BCUT2D eigenvalue weighted by atomic mass is 16.4. The van der Waals surface area contributed by atoms with Crippen LogP contribution in [0.3, 0.4) is 0 Å². The molecule has 0 aliphatic rings. The van der Waals surface area contributed by atoms with Crippen molar-refractivity contribution in [1.82, 2.24) is 9.38 Å². The number of fused-ring (bicyclic) bond motifs is 1. The number of aliphatic carboxylic acids is 1. The number of aryl methyl sites for hydroxylation is 2. The molecule has 0 spiro atoms. The van der Waals surface area contributed by atoms with Crippen molar-refractivity contribution in [2.45, 2.75) is 20.3 Å². The summed E-state index contributed by atoms with van der Waals surface area (Å²) in [5.41, 5.74) is 3.81. The van der Waals surface area contributed by atoms with Crippen LogP contribution in [0.2, 0.25) is 0 Å². The number of hydrogen-bond acceptors (Lipinski definition) is 4. The van der Waals surface area contributed by atoms with E-state index in [1.807, 2.05) is 56.4 Å². The van der Waals surface area contributed by atoms with Gasteiger partial charge in [-0.15, -0.1) is 10.2 Å². The smallest absolute Gasteiger partial charge is 0.309 e. The Bertz CT molecular complexity index is 912. The third kappa shape index (κ3) is 2.96. The van der Waals surface area contributed by atoms with Crippen LogP contribution in [0, 0.1) is 13.8 Å². The van der Waals surface area contributed by atoms with Gasteiger partial charge in [0.15, 0.2) is 5.82 Å². The molecule has 6 nitrogen and oxygen atoms in total. The fraction of sp³-hybridized carbons (Fsp3) is 0.176. The van der Waals surface area contributed by atoms with Crippen LogP contribution in [0.4, 0.5) is 11.5 Å². The Balaban J connectivity index is 2.13. The van der Waals surface area contributed by atoms with Crippen molar-refractivity contribution >= 4 is 23.1 Å². The minimum Gasteiger partial charge on any atom is -0.481 e. The molecule has 3 aromatic rings. The summed E-state index contributed by atoms with van der Waals surface area (Å²) in [4.78, 5) is 15.5. The molecule has 116 valence electrons. The molecule has 0 saturated carbocycles. The summed E-state index contributed by atoms with van der Waals surface area (Å²) in [6.07, 6.45) is 1.62. The minimum absolute atomic E-state index is 0.191. The maximum absolute atomic E-state index is 11.1. The zero-order chi connectivity index (χ0) is 16.4. The van der Waals surface area contributed by atoms with Gasteiger partial charge >= 0.3 is 5.97 Å². The molecule has 0 fully saturated rings. The minimum atomic E-state index is -0.946. The van der Waals surface area contributed by atoms with Crippen molar-refractivity contribution < 1.29 is 9.90 Å². The van der Waals surface area contributed by atoms with Gasteiger partial charge < -0.3 is 5.11 Å². The Hall–Kier alpha value is -3.02. The number of rotatable bonds is 4. The topological polar surface area (TPSA) is 79.3 Å². The Morgan fingerprint density at radius 2 is 1.87 bits per heavy atom. The van der Waals surface area contributed by atoms with E-state index in [2.05, 4.69) is 15.2 Å². The van der Waals surface area contributed by atoms with Gasteiger partial charge in [-0.1, -0.05) is 24.3 Å². The predicted octanol–water partition coefficient (Wildman–Crippen LogP) is 3.99. The van der Waals surface area contributed by atoms with Gasteiger partial charge in [0.25, 0.3) is 0 Å². The van der Waals surface area contributed by atoms with Crippen molar-refractivity contribution in [1.29, 1.82) is 0 Å². The van der Waals surface area contributed by atoms with Gasteiger partial charge in [0, 0.05) is 6.20 Å². The van der Waals surface area contributed by atoms with E-state index in [1.165, 1.54) is 0 Å². The Labute approximate surface area is 133 Å². The molecule has 0 saturated heterocycles. The van der Waals surface area contributed by atoms with Crippen LogP contribution in [0.15, 0.2) is 52.8 Å². The first-order valence-electron chi connectivity index (χ1n) is 7.22. The molecule has 0 atom stereocenters. The second kappa shape index (κ2) is 6.00. The SMILES string of the molecule is Cc1ccccc1N=Nc1c(CC(=O)O)nc2c(C)cccn12. The van der Waals surface area contributed by atoms with Crippen LogP contribution in [-0.4, -0.2) is 20.5 Å². The van der Waals surface area contributed by atoms with Crippen LogP contribution in [-0.2, 0) is 11.2 Å². The Kier molecular flexibility index (Phi) is 3.89. The van der Waals surface area contributed by atoms with Gasteiger partial charge in [0.05, 0.1) is 17.8 Å². The van der Waals surface area contributed by atoms with Crippen LogP contribution >= 0.6 is 0 Å². The fourth-order valence-corrected chi connectivity index (χ4v) is 2.38. The number of carboxylic acid groups (broad SMARTS) is 1. The molecule has 0 aliphatic carbocycles. The van der Waals surface area contributed by atoms with Gasteiger partial charge in [-0.05, 0) is 37.1 Å². The molecule has 0 radical (unpaired) electrons. The second-order valence-corrected chi connectivity index (χ2v) is 5.32. The van der Waals surface area contributed by atoms with Gasteiger partial charge in [-0.25, -0.2) is 4.98 Å². The number of hydrogen-bond donors (Lipinski definition) is 1. The lowest BCUT2D eigenvalue weighted by Gasteiger charge is -2.00. The monoisotopic (exact) mass is 308 g/mol. The standard InChI is InChI=1S/C17H16N4O2/c1-11-6-3-4-8-13(11)19-20-17-14(10-15(22)23)18-16-12(2)7-5-9-21(16)17/h3-9H,10H2,1-2H3,(H,22,23). The fourth-order valence-electron chi connectivity index (χ4n) is 2.38. The van der Waals surface area contributed by atoms with E-state index in [9.17, 15) is 4.79 Å². The van der Waals surface area contributed by atoms with Gasteiger partial charge in [-0.2, -0.15) is 0 Å². The lowest BCUT2D eigenvalue weighted by molar-refractivity contribution is -0.136. The third-order valence-electron chi connectivity index (χ3n) is 3.58. The Morgan fingerprint density at radius 3 is 2.61 bits per heavy atom. The summed E-state index contributed by atoms with van der Waals surface area (Å²) >= 11 is 0. The van der Waals surface area contributed by atoms with Crippen molar-refractivity contribution in [2.75, 3.05) is 0 Å². The first-order valence-corrected chi connectivity index (χ1v) is 7.22. The summed E-state index contributed by atoms with van der Waals surface area (Å²) in [6.45, 7) is 3.88. The number of carboxylic acids is 1. The highest BCUT2D eigenvalue weighted by Crippen LogP contribution is 2.27. The molecule has 1 aromatic carbocycles. The van der Waals surface area contributed by atoms with Gasteiger partial charge in [0.1, 0.15) is 5.65 Å². The van der Waals surface area contributed by atoms with Crippen molar-refractivity contribution in [3.63, 3.8) is 0 Å². The average molecular weight is 308 g/mol. The summed E-state index contributed by atoms with van der Waals surface area (Å²) in [5, 5.41) is 17.6. The van der Waals surface area contributed by atoms with Crippen molar-refractivity contribution in [3.8, 4) is 0 Å². The van der Waals surface area contributed by atoms with Crippen LogP contribution < -0.4 is 0 Å². The lowest BCUT2D eigenvalue weighted by atomic mass is 10.2. The van der Waals surface area contributed by atoms with E-state index >= 15 is 0 Å². The highest BCUT2D eigenvalue weighted by molar-refractivity contribution is 5.72. The summed E-state index contributed by atoms with van der Waals surface area (Å²) < 4.78 is 1.77. The summed E-state index contributed by atoms with van der Waals surface area (Å²) in [6, 6.07) is 11.4. The number of imidazole rings is 1. The molecule has 23 heavy (non-hydrogen) atoms. The number of nitrogens with zero attached hydrogens (tertiary/aromatic N) is 4. The number of benzene rings is 1. The van der Waals surface area contributed by atoms with E-state index in [0.29, 0.717) is 17.2 Å². The first kappa shape index (κ1) is 14.9. The molecule has 2 heterocycles.